The molecule has 0 amide bonds. The summed E-state index contributed by atoms with van der Waals surface area (Å²) in [4.78, 5) is 0. The number of rotatable bonds is 5. The third-order valence-corrected chi connectivity index (χ3v) is 3.82. The highest BCUT2D eigenvalue weighted by Gasteiger charge is 2.22. The Morgan fingerprint density at radius 1 is 1.27 bits per heavy atom. The van der Waals surface area contributed by atoms with Crippen LogP contribution < -0.4 is 0 Å². The molecule has 1 fully saturated rings. The van der Waals surface area contributed by atoms with Crippen molar-refractivity contribution < 1.29 is 0 Å². The molecular weight excluding hydrogens is 180 g/mol. The van der Waals surface area contributed by atoms with Crippen LogP contribution in [0.3, 0.4) is 0 Å². The molecule has 0 aromatic carbocycles. The highest BCUT2D eigenvalue weighted by atomic mass is 14.3. The van der Waals surface area contributed by atoms with Gasteiger partial charge in [-0.15, -0.1) is 5.73 Å². The highest BCUT2D eigenvalue weighted by Crippen LogP contribution is 2.35. The molecule has 1 unspecified atom stereocenters. The zero-order chi connectivity index (χ0) is 11.1. The third kappa shape index (κ3) is 3.54. The molecule has 86 valence electrons. The van der Waals surface area contributed by atoms with Crippen molar-refractivity contribution in [2.75, 3.05) is 0 Å². The van der Waals surface area contributed by atoms with Gasteiger partial charge in [0.15, 0.2) is 0 Å². The highest BCUT2D eigenvalue weighted by molar-refractivity contribution is 5.09. The van der Waals surface area contributed by atoms with E-state index in [0.717, 1.165) is 11.8 Å². The van der Waals surface area contributed by atoms with Gasteiger partial charge in [-0.05, 0) is 43.1 Å². The lowest BCUT2D eigenvalue weighted by Crippen LogP contribution is -2.15. The molecule has 0 radical (unpaired) electrons. The lowest BCUT2D eigenvalue weighted by atomic mass is 9.77. The Morgan fingerprint density at radius 2 is 1.93 bits per heavy atom. The molecule has 0 spiro atoms. The monoisotopic (exact) mass is 206 g/mol. The fraction of sp³-hybridized carbons (Fsp3) is 0.800. The van der Waals surface area contributed by atoms with Crippen LogP contribution in [0.2, 0.25) is 0 Å². The van der Waals surface area contributed by atoms with Gasteiger partial charge in [-0.3, -0.25) is 0 Å². The van der Waals surface area contributed by atoms with Crippen LogP contribution in [-0.2, 0) is 0 Å². The average molecular weight is 206 g/mol. The van der Waals surface area contributed by atoms with E-state index in [9.17, 15) is 0 Å². The van der Waals surface area contributed by atoms with Crippen LogP contribution in [0.5, 0.6) is 0 Å². The molecule has 0 nitrogen and oxygen atoms in total. The van der Waals surface area contributed by atoms with Crippen LogP contribution in [-0.4, -0.2) is 0 Å². The van der Waals surface area contributed by atoms with Crippen molar-refractivity contribution in [3.05, 3.63) is 17.9 Å². The molecule has 0 heterocycles. The first kappa shape index (κ1) is 12.6. The van der Waals surface area contributed by atoms with E-state index < -0.39 is 0 Å². The average Bonchev–Trinajstić information content (AvgIpc) is 2.30. The van der Waals surface area contributed by atoms with E-state index in [1.807, 2.05) is 0 Å². The van der Waals surface area contributed by atoms with Crippen LogP contribution in [0.15, 0.2) is 17.9 Å². The minimum atomic E-state index is 0.760. The minimum Gasteiger partial charge on any atom is -0.129 e. The fourth-order valence-electron chi connectivity index (χ4n) is 2.96. The molecule has 1 rings (SSSR count). The number of hydrogen-bond acceptors (Lipinski definition) is 0. The SMILES string of the molecule is C=C=C(C(CC)CCC)C1CCCCC1. The zero-order valence-corrected chi connectivity index (χ0v) is 10.5. The van der Waals surface area contributed by atoms with Crippen LogP contribution >= 0.6 is 0 Å². The van der Waals surface area contributed by atoms with Gasteiger partial charge in [-0.1, -0.05) is 46.1 Å². The van der Waals surface area contributed by atoms with Crippen molar-refractivity contribution in [1.82, 2.24) is 0 Å². The Kier molecular flexibility index (Phi) is 5.79. The molecule has 0 N–H and O–H groups in total. The van der Waals surface area contributed by atoms with E-state index in [-0.39, 0.29) is 0 Å². The summed E-state index contributed by atoms with van der Waals surface area (Å²) < 4.78 is 0. The molecular formula is C15H26. The van der Waals surface area contributed by atoms with Crippen molar-refractivity contribution in [1.29, 1.82) is 0 Å². The molecule has 1 aliphatic carbocycles. The topological polar surface area (TPSA) is 0 Å². The molecule has 0 saturated heterocycles. The van der Waals surface area contributed by atoms with Gasteiger partial charge in [0.1, 0.15) is 0 Å². The zero-order valence-electron chi connectivity index (χ0n) is 10.5. The van der Waals surface area contributed by atoms with Crippen molar-refractivity contribution in [2.24, 2.45) is 11.8 Å². The predicted octanol–water partition coefficient (Wildman–Crippen LogP) is 5.10. The van der Waals surface area contributed by atoms with E-state index in [2.05, 4.69) is 26.2 Å². The lowest BCUT2D eigenvalue weighted by molar-refractivity contribution is 0.359. The summed E-state index contributed by atoms with van der Waals surface area (Å²) in [5.74, 6) is 1.57. The van der Waals surface area contributed by atoms with Crippen molar-refractivity contribution in [2.45, 2.75) is 65.2 Å². The van der Waals surface area contributed by atoms with Crippen LogP contribution in [0.4, 0.5) is 0 Å². The summed E-state index contributed by atoms with van der Waals surface area (Å²) in [6.45, 7) is 8.51. The van der Waals surface area contributed by atoms with Gasteiger partial charge in [0, 0.05) is 0 Å². The Balaban J connectivity index is 2.63. The summed E-state index contributed by atoms with van der Waals surface area (Å²) in [6.07, 6.45) is 10.9. The Hall–Kier alpha value is -0.480. The Labute approximate surface area is 95.5 Å². The van der Waals surface area contributed by atoms with Crippen LogP contribution in [0.1, 0.15) is 65.2 Å². The maximum absolute atomic E-state index is 3.93. The van der Waals surface area contributed by atoms with Crippen molar-refractivity contribution in [3.8, 4) is 0 Å². The molecule has 1 saturated carbocycles. The van der Waals surface area contributed by atoms with Crippen molar-refractivity contribution in [3.63, 3.8) is 0 Å². The fourth-order valence-corrected chi connectivity index (χ4v) is 2.96. The summed E-state index contributed by atoms with van der Waals surface area (Å²) >= 11 is 0. The largest absolute Gasteiger partial charge is 0.129 e. The summed E-state index contributed by atoms with van der Waals surface area (Å²) in [5, 5.41) is 0. The molecule has 0 aliphatic heterocycles. The summed E-state index contributed by atoms with van der Waals surface area (Å²) in [7, 11) is 0. The number of allylic oxidation sites excluding steroid dienone is 1. The maximum Gasteiger partial charge on any atom is -0.0125 e. The first-order valence-electron chi connectivity index (χ1n) is 6.73. The predicted molar refractivity (Wildman–Crippen MR) is 67.9 cm³/mol. The minimum absolute atomic E-state index is 0.760. The van der Waals surface area contributed by atoms with Crippen LogP contribution in [0.25, 0.3) is 0 Å². The van der Waals surface area contributed by atoms with E-state index in [4.69, 9.17) is 0 Å². The van der Waals surface area contributed by atoms with Crippen molar-refractivity contribution >= 4 is 0 Å². The maximum atomic E-state index is 3.93. The second-order valence-electron chi connectivity index (χ2n) is 4.86. The van der Waals surface area contributed by atoms with Crippen LogP contribution in [0, 0.1) is 11.8 Å². The standard InChI is InChI=1S/C15H26/c1-4-10-13(5-2)15(6-3)14-11-8-7-9-12-14/h13-14H,3-5,7-12H2,1-2H3. The second kappa shape index (κ2) is 6.90. The first-order valence-corrected chi connectivity index (χ1v) is 6.73. The van der Waals surface area contributed by atoms with Gasteiger partial charge >= 0.3 is 0 Å². The van der Waals surface area contributed by atoms with E-state index in [1.54, 1.807) is 5.57 Å². The van der Waals surface area contributed by atoms with Gasteiger partial charge in [0.25, 0.3) is 0 Å². The molecule has 0 bridgehead atoms. The van der Waals surface area contributed by atoms with Gasteiger partial charge in [0.05, 0.1) is 0 Å². The van der Waals surface area contributed by atoms with Gasteiger partial charge < -0.3 is 0 Å². The van der Waals surface area contributed by atoms with Gasteiger partial charge in [-0.25, -0.2) is 0 Å². The molecule has 15 heavy (non-hydrogen) atoms. The Bertz CT molecular complexity index is 207. The van der Waals surface area contributed by atoms with Gasteiger partial charge in [-0.2, -0.15) is 0 Å². The smallest absolute Gasteiger partial charge is 0.0125 e. The lowest BCUT2D eigenvalue weighted by Gasteiger charge is -2.28. The summed E-state index contributed by atoms with van der Waals surface area (Å²) in [5.41, 5.74) is 4.83. The first-order chi connectivity index (χ1) is 7.33. The summed E-state index contributed by atoms with van der Waals surface area (Å²) in [6, 6.07) is 0. The van der Waals surface area contributed by atoms with E-state index >= 15 is 0 Å². The molecule has 0 aromatic rings. The second-order valence-corrected chi connectivity index (χ2v) is 4.86. The molecule has 1 aliphatic rings. The molecule has 1 atom stereocenters. The number of hydrogen-bond donors (Lipinski definition) is 0. The third-order valence-electron chi connectivity index (χ3n) is 3.82. The van der Waals surface area contributed by atoms with E-state index in [1.165, 1.54) is 51.4 Å². The Morgan fingerprint density at radius 3 is 2.40 bits per heavy atom. The normalized spacial score (nSPS) is 19.6. The quantitative estimate of drug-likeness (QED) is 0.549. The molecule has 0 heteroatoms. The van der Waals surface area contributed by atoms with Gasteiger partial charge in [0.2, 0.25) is 0 Å². The van der Waals surface area contributed by atoms with E-state index in [0.29, 0.717) is 0 Å². The molecule has 0 aromatic heterocycles.